The van der Waals surface area contributed by atoms with Crippen molar-refractivity contribution in [3.8, 4) is 0 Å². The van der Waals surface area contributed by atoms with Crippen molar-refractivity contribution in [3.63, 3.8) is 0 Å². The maximum atomic E-state index is 5.91. The predicted molar refractivity (Wildman–Crippen MR) is 84.3 cm³/mol. The molecular formula is C16H26N2OS. The lowest BCUT2D eigenvalue weighted by atomic mass is 9.78. The van der Waals surface area contributed by atoms with Gasteiger partial charge in [-0.05, 0) is 43.6 Å². The van der Waals surface area contributed by atoms with Crippen LogP contribution < -0.4 is 0 Å². The summed E-state index contributed by atoms with van der Waals surface area (Å²) < 4.78 is 6.58. The first kappa shape index (κ1) is 15.6. The standard InChI is InChI=1S/C16H26N2OS/c1-11(2)8-13-9-14(20)18-15(17-13)16(19-4)7-5-6-12(3)10-16/h9,11-12H,5-8,10H2,1-4H3,(H,17,18,20). The van der Waals surface area contributed by atoms with Crippen LogP contribution in [0.2, 0.25) is 0 Å². The minimum Gasteiger partial charge on any atom is -0.370 e. The number of H-pyrrole nitrogens is 1. The van der Waals surface area contributed by atoms with Gasteiger partial charge in [-0.25, -0.2) is 4.98 Å². The minimum atomic E-state index is -0.280. The smallest absolute Gasteiger partial charge is 0.140 e. The average Bonchev–Trinajstić information content (AvgIpc) is 2.37. The molecule has 0 spiro atoms. The van der Waals surface area contributed by atoms with Crippen molar-refractivity contribution in [3.05, 3.63) is 22.2 Å². The van der Waals surface area contributed by atoms with E-state index in [0.29, 0.717) is 16.5 Å². The first-order chi connectivity index (χ1) is 9.45. The van der Waals surface area contributed by atoms with Crippen molar-refractivity contribution in [2.24, 2.45) is 11.8 Å². The SMILES string of the molecule is COC1(c2nc(=S)cc(CC(C)C)[nH]2)CCCC(C)C1. The van der Waals surface area contributed by atoms with Gasteiger partial charge in [0.1, 0.15) is 16.1 Å². The maximum Gasteiger partial charge on any atom is 0.140 e. The van der Waals surface area contributed by atoms with Gasteiger partial charge in [0.2, 0.25) is 0 Å². The number of nitrogens with zero attached hydrogens (tertiary/aromatic N) is 1. The average molecular weight is 294 g/mol. The molecule has 1 aromatic heterocycles. The van der Waals surface area contributed by atoms with E-state index in [0.717, 1.165) is 25.1 Å². The van der Waals surface area contributed by atoms with Gasteiger partial charge in [0, 0.05) is 12.8 Å². The third-order valence-corrected chi connectivity index (χ3v) is 4.41. The highest BCUT2D eigenvalue weighted by molar-refractivity contribution is 7.71. The quantitative estimate of drug-likeness (QED) is 0.837. The number of aromatic amines is 1. The summed E-state index contributed by atoms with van der Waals surface area (Å²) >= 11 is 5.35. The third-order valence-electron chi connectivity index (χ3n) is 4.20. The monoisotopic (exact) mass is 294 g/mol. The Morgan fingerprint density at radius 3 is 2.90 bits per heavy atom. The van der Waals surface area contributed by atoms with E-state index in [-0.39, 0.29) is 5.60 Å². The fraction of sp³-hybridized carbons (Fsp3) is 0.750. The molecule has 1 heterocycles. The summed E-state index contributed by atoms with van der Waals surface area (Å²) in [4.78, 5) is 8.07. The van der Waals surface area contributed by atoms with Gasteiger partial charge in [0.25, 0.3) is 0 Å². The van der Waals surface area contributed by atoms with E-state index >= 15 is 0 Å². The van der Waals surface area contributed by atoms with Crippen molar-refractivity contribution < 1.29 is 4.74 Å². The van der Waals surface area contributed by atoms with Gasteiger partial charge in [-0.2, -0.15) is 0 Å². The molecule has 1 saturated carbocycles. The molecule has 0 aliphatic heterocycles. The summed E-state index contributed by atoms with van der Waals surface area (Å²) in [6, 6.07) is 1.98. The number of methoxy groups -OCH3 is 1. The summed E-state index contributed by atoms with van der Waals surface area (Å²) in [6.45, 7) is 6.72. The number of rotatable bonds is 4. The van der Waals surface area contributed by atoms with Crippen LogP contribution in [-0.2, 0) is 16.8 Å². The van der Waals surface area contributed by atoms with Crippen molar-refractivity contribution in [1.29, 1.82) is 0 Å². The number of hydrogen-bond donors (Lipinski definition) is 1. The summed E-state index contributed by atoms with van der Waals surface area (Å²) in [5, 5.41) is 0. The molecule has 20 heavy (non-hydrogen) atoms. The molecule has 2 unspecified atom stereocenters. The predicted octanol–water partition coefficient (Wildman–Crippen LogP) is 4.39. The minimum absolute atomic E-state index is 0.280. The van der Waals surface area contributed by atoms with Gasteiger partial charge in [0.15, 0.2) is 0 Å². The molecule has 4 heteroatoms. The van der Waals surface area contributed by atoms with E-state index in [1.54, 1.807) is 7.11 Å². The molecular weight excluding hydrogens is 268 g/mol. The highest BCUT2D eigenvalue weighted by atomic mass is 32.1. The van der Waals surface area contributed by atoms with Gasteiger partial charge >= 0.3 is 0 Å². The van der Waals surface area contributed by atoms with Crippen molar-refractivity contribution in [2.45, 2.75) is 58.5 Å². The van der Waals surface area contributed by atoms with E-state index in [9.17, 15) is 0 Å². The van der Waals surface area contributed by atoms with Gasteiger partial charge in [0.05, 0.1) is 0 Å². The molecule has 2 atom stereocenters. The fourth-order valence-corrected chi connectivity index (χ4v) is 3.51. The highest BCUT2D eigenvalue weighted by Crippen LogP contribution is 2.41. The van der Waals surface area contributed by atoms with Crippen molar-refractivity contribution in [1.82, 2.24) is 9.97 Å². The Labute approximate surface area is 127 Å². The fourth-order valence-electron chi connectivity index (χ4n) is 3.27. The Bertz CT molecular complexity index is 511. The molecule has 1 N–H and O–H groups in total. The van der Waals surface area contributed by atoms with E-state index < -0.39 is 0 Å². The first-order valence-electron chi connectivity index (χ1n) is 7.61. The zero-order valence-electron chi connectivity index (χ0n) is 13.0. The van der Waals surface area contributed by atoms with Crippen molar-refractivity contribution in [2.75, 3.05) is 7.11 Å². The van der Waals surface area contributed by atoms with Crippen LogP contribution in [-0.4, -0.2) is 17.1 Å². The van der Waals surface area contributed by atoms with E-state index in [2.05, 4.69) is 30.7 Å². The molecule has 1 aromatic rings. The second-order valence-corrected chi connectivity index (χ2v) is 7.01. The second kappa shape index (κ2) is 6.35. The van der Waals surface area contributed by atoms with Gasteiger partial charge in [-0.1, -0.05) is 39.4 Å². The third kappa shape index (κ3) is 3.47. The van der Waals surface area contributed by atoms with Crippen LogP contribution in [0, 0.1) is 16.5 Å². The Kier molecular flexibility index (Phi) is 4.97. The topological polar surface area (TPSA) is 37.9 Å². The van der Waals surface area contributed by atoms with Gasteiger partial charge in [-0.3, -0.25) is 0 Å². The van der Waals surface area contributed by atoms with Crippen LogP contribution in [0.15, 0.2) is 6.07 Å². The van der Waals surface area contributed by atoms with E-state index in [1.807, 2.05) is 6.07 Å². The van der Waals surface area contributed by atoms with E-state index in [1.165, 1.54) is 18.5 Å². The maximum absolute atomic E-state index is 5.91. The zero-order valence-corrected chi connectivity index (χ0v) is 13.8. The number of aromatic nitrogens is 2. The lowest BCUT2D eigenvalue weighted by molar-refractivity contribution is -0.0648. The molecule has 0 amide bonds. The molecule has 0 radical (unpaired) electrons. The Balaban J connectivity index is 2.38. The summed E-state index contributed by atoms with van der Waals surface area (Å²) in [7, 11) is 1.80. The Hall–Kier alpha value is -0.740. The van der Waals surface area contributed by atoms with Crippen LogP contribution in [0.1, 0.15) is 58.0 Å². The number of nitrogens with one attached hydrogen (secondary N) is 1. The summed E-state index contributed by atoms with van der Waals surface area (Å²) in [5.74, 6) is 2.19. The zero-order chi connectivity index (χ0) is 14.8. The molecule has 0 saturated heterocycles. The molecule has 0 bridgehead atoms. The van der Waals surface area contributed by atoms with Crippen LogP contribution >= 0.6 is 12.2 Å². The molecule has 112 valence electrons. The normalized spacial score (nSPS) is 26.9. The first-order valence-corrected chi connectivity index (χ1v) is 8.02. The summed E-state index contributed by atoms with van der Waals surface area (Å²) in [6.07, 6.45) is 5.50. The largest absolute Gasteiger partial charge is 0.370 e. The Morgan fingerprint density at radius 2 is 2.30 bits per heavy atom. The lowest BCUT2D eigenvalue weighted by Gasteiger charge is -2.38. The second-order valence-electron chi connectivity index (χ2n) is 6.59. The molecule has 0 aromatic carbocycles. The van der Waals surface area contributed by atoms with Crippen LogP contribution in [0.25, 0.3) is 0 Å². The molecule has 2 rings (SSSR count). The molecule has 1 fully saturated rings. The van der Waals surface area contributed by atoms with Crippen LogP contribution in [0.4, 0.5) is 0 Å². The number of hydrogen-bond acceptors (Lipinski definition) is 3. The summed E-state index contributed by atoms with van der Waals surface area (Å²) in [5.41, 5.74) is 0.891. The molecule has 3 nitrogen and oxygen atoms in total. The van der Waals surface area contributed by atoms with Crippen LogP contribution in [0.3, 0.4) is 0 Å². The van der Waals surface area contributed by atoms with E-state index in [4.69, 9.17) is 17.0 Å². The van der Waals surface area contributed by atoms with Crippen LogP contribution in [0.5, 0.6) is 0 Å². The molecule has 1 aliphatic carbocycles. The Morgan fingerprint density at radius 1 is 1.55 bits per heavy atom. The highest BCUT2D eigenvalue weighted by Gasteiger charge is 2.39. The lowest BCUT2D eigenvalue weighted by Crippen LogP contribution is -2.36. The van der Waals surface area contributed by atoms with Gasteiger partial charge in [-0.15, -0.1) is 0 Å². The van der Waals surface area contributed by atoms with Crippen molar-refractivity contribution >= 4 is 12.2 Å². The number of ether oxygens (including phenoxy) is 1. The molecule has 1 aliphatic rings. The van der Waals surface area contributed by atoms with Gasteiger partial charge < -0.3 is 9.72 Å².